The fraction of sp³-hybridized carbons (Fsp3) is 0.385. The van der Waals surface area contributed by atoms with Crippen LogP contribution < -0.4 is 4.74 Å². The first-order chi connectivity index (χ1) is 7.24. The minimum Gasteiger partial charge on any atom is -0.494 e. The van der Waals surface area contributed by atoms with Crippen molar-refractivity contribution in [2.24, 2.45) is 0 Å². The lowest BCUT2D eigenvalue weighted by Crippen LogP contribution is -1.98. The number of unbranched alkanes of at least 4 members (excludes halogenated alkanes) is 1. The van der Waals surface area contributed by atoms with Gasteiger partial charge in [0, 0.05) is 6.42 Å². The average molecular weight is 204 g/mol. The number of rotatable bonds is 5. The van der Waals surface area contributed by atoms with Crippen molar-refractivity contribution in [1.82, 2.24) is 0 Å². The monoisotopic (exact) mass is 204 g/mol. The molecule has 2 heteroatoms. The van der Waals surface area contributed by atoms with Crippen LogP contribution in [0.5, 0.6) is 5.75 Å². The fourth-order valence-corrected chi connectivity index (χ4v) is 1.23. The molecule has 1 rings (SSSR count). The molecule has 1 aromatic carbocycles. The van der Waals surface area contributed by atoms with E-state index in [1.54, 1.807) is 6.92 Å². The van der Waals surface area contributed by atoms with Crippen LogP contribution in [-0.2, 0) is 0 Å². The Balaban J connectivity index is 2.48. The molecule has 1 aromatic rings. The molecule has 0 saturated heterocycles. The van der Waals surface area contributed by atoms with Crippen molar-refractivity contribution < 1.29 is 9.84 Å². The second-order valence-corrected chi connectivity index (χ2v) is 3.40. The van der Waals surface area contributed by atoms with Gasteiger partial charge in [0.2, 0.25) is 0 Å². The number of hydrogen-bond acceptors (Lipinski definition) is 2. The number of aliphatic hydroxyl groups is 1. The number of aliphatic hydroxyl groups excluding tert-OH is 1. The Bertz CT molecular complexity index is 337. The highest BCUT2D eigenvalue weighted by Crippen LogP contribution is 2.18. The van der Waals surface area contributed by atoms with Gasteiger partial charge in [0.05, 0.1) is 12.7 Å². The van der Waals surface area contributed by atoms with Crippen LogP contribution in [0.15, 0.2) is 24.3 Å². The van der Waals surface area contributed by atoms with Gasteiger partial charge >= 0.3 is 0 Å². The molecule has 0 bridgehead atoms. The van der Waals surface area contributed by atoms with Gasteiger partial charge in [-0.2, -0.15) is 0 Å². The molecule has 0 heterocycles. The van der Waals surface area contributed by atoms with Gasteiger partial charge in [0.25, 0.3) is 0 Å². The van der Waals surface area contributed by atoms with Crippen molar-refractivity contribution in [3.05, 3.63) is 29.8 Å². The van der Waals surface area contributed by atoms with Gasteiger partial charge in [-0.05, 0) is 31.0 Å². The molecule has 0 fully saturated rings. The first-order valence-corrected chi connectivity index (χ1v) is 5.08. The zero-order valence-corrected chi connectivity index (χ0v) is 8.94. The minimum absolute atomic E-state index is 0.459. The van der Waals surface area contributed by atoms with E-state index in [9.17, 15) is 5.11 Å². The molecule has 80 valence electrons. The van der Waals surface area contributed by atoms with E-state index >= 15 is 0 Å². The highest BCUT2D eigenvalue weighted by molar-refractivity contribution is 5.29. The summed E-state index contributed by atoms with van der Waals surface area (Å²) in [5, 5.41) is 9.38. The van der Waals surface area contributed by atoms with Crippen LogP contribution in [0.25, 0.3) is 0 Å². The molecule has 1 unspecified atom stereocenters. The molecule has 0 aliphatic rings. The Labute approximate surface area is 90.9 Å². The highest BCUT2D eigenvalue weighted by atomic mass is 16.5. The van der Waals surface area contributed by atoms with Gasteiger partial charge in [-0.1, -0.05) is 12.1 Å². The molecule has 0 radical (unpaired) electrons. The lowest BCUT2D eigenvalue weighted by atomic mass is 10.1. The van der Waals surface area contributed by atoms with E-state index < -0.39 is 6.10 Å². The van der Waals surface area contributed by atoms with E-state index in [-0.39, 0.29) is 0 Å². The van der Waals surface area contributed by atoms with Crippen molar-refractivity contribution in [2.75, 3.05) is 6.61 Å². The quantitative estimate of drug-likeness (QED) is 0.590. The van der Waals surface area contributed by atoms with Crippen molar-refractivity contribution in [1.29, 1.82) is 0 Å². The highest BCUT2D eigenvalue weighted by Gasteiger charge is 2.01. The zero-order valence-electron chi connectivity index (χ0n) is 8.94. The Morgan fingerprint density at radius 3 is 3.00 bits per heavy atom. The van der Waals surface area contributed by atoms with Crippen LogP contribution in [0, 0.1) is 12.3 Å². The third-order valence-corrected chi connectivity index (χ3v) is 2.07. The van der Waals surface area contributed by atoms with Crippen molar-refractivity contribution >= 4 is 0 Å². The molecular weight excluding hydrogens is 188 g/mol. The summed E-state index contributed by atoms with van der Waals surface area (Å²) >= 11 is 0. The summed E-state index contributed by atoms with van der Waals surface area (Å²) in [5.74, 6) is 3.35. The summed E-state index contributed by atoms with van der Waals surface area (Å²) in [6.45, 7) is 2.35. The predicted octanol–water partition coefficient (Wildman–Crippen LogP) is 2.53. The van der Waals surface area contributed by atoms with E-state index in [1.807, 2.05) is 24.3 Å². The Hall–Kier alpha value is -1.46. The molecule has 0 aromatic heterocycles. The van der Waals surface area contributed by atoms with Crippen LogP contribution in [0.4, 0.5) is 0 Å². The predicted molar refractivity (Wildman–Crippen MR) is 60.6 cm³/mol. The van der Waals surface area contributed by atoms with Crippen molar-refractivity contribution in [3.63, 3.8) is 0 Å². The zero-order chi connectivity index (χ0) is 11.1. The maximum Gasteiger partial charge on any atom is 0.119 e. The molecule has 0 aliphatic heterocycles. The summed E-state index contributed by atoms with van der Waals surface area (Å²) < 4.78 is 5.49. The molecule has 0 saturated carbocycles. The third-order valence-electron chi connectivity index (χ3n) is 2.07. The second-order valence-electron chi connectivity index (χ2n) is 3.40. The van der Waals surface area contributed by atoms with Crippen LogP contribution in [0.2, 0.25) is 0 Å². The second kappa shape index (κ2) is 6.10. The van der Waals surface area contributed by atoms with Crippen LogP contribution >= 0.6 is 0 Å². The van der Waals surface area contributed by atoms with Gasteiger partial charge in [0.15, 0.2) is 0 Å². The number of terminal acetylenes is 1. The van der Waals surface area contributed by atoms with E-state index in [2.05, 4.69) is 5.92 Å². The summed E-state index contributed by atoms with van der Waals surface area (Å²) in [7, 11) is 0. The first-order valence-electron chi connectivity index (χ1n) is 5.08. The lowest BCUT2D eigenvalue weighted by molar-refractivity contribution is 0.198. The number of ether oxygens (including phenoxy) is 1. The van der Waals surface area contributed by atoms with Gasteiger partial charge in [0.1, 0.15) is 5.75 Å². The topological polar surface area (TPSA) is 29.5 Å². The summed E-state index contributed by atoms with van der Waals surface area (Å²) in [6, 6.07) is 7.47. The maximum atomic E-state index is 9.38. The largest absolute Gasteiger partial charge is 0.494 e. The Kier molecular flexibility index (Phi) is 4.73. The molecule has 0 spiro atoms. The van der Waals surface area contributed by atoms with Crippen molar-refractivity contribution in [3.8, 4) is 18.1 Å². The van der Waals surface area contributed by atoms with Gasteiger partial charge in [-0.25, -0.2) is 0 Å². The van der Waals surface area contributed by atoms with Crippen LogP contribution in [-0.4, -0.2) is 11.7 Å². The van der Waals surface area contributed by atoms with Crippen LogP contribution in [0.1, 0.15) is 31.4 Å². The molecule has 0 aliphatic carbocycles. The molecule has 1 atom stereocenters. The smallest absolute Gasteiger partial charge is 0.119 e. The Morgan fingerprint density at radius 2 is 2.33 bits per heavy atom. The average Bonchev–Trinajstić information content (AvgIpc) is 2.25. The normalized spacial score (nSPS) is 11.8. The molecule has 0 amide bonds. The third kappa shape index (κ3) is 4.05. The standard InChI is InChI=1S/C13H16O2/c1-3-4-5-9-15-13-8-6-7-12(10-13)11(2)14/h1,6-8,10-11,14H,4-5,9H2,2H3. The summed E-state index contributed by atoms with van der Waals surface area (Å²) in [5.41, 5.74) is 0.865. The molecule has 1 N–H and O–H groups in total. The van der Waals surface area contributed by atoms with Gasteiger partial charge in [-0.15, -0.1) is 12.3 Å². The van der Waals surface area contributed by atoms with E-state index in [4.69, 9.17) is 11.2 Å². The molecule has 15 heavy (non-hydrogen) atoms. The van der Waals surface area contributed by atoms with Crippen molar-refractivity contribution in [2.45, 2.75) is 25.9 Å². The maximum absolute atomic E-state index is 9.38. The lowest BCUT2D eigenvalue weighted by Gasteiger charge is -2.08. The fourth-order valence-electron chi connectivity index (χ4n) is 1.23. The van der Waals surface area contributed by atoms with Gasteiger partial charge in [-0.3, -0.25) is 0 Å². The molecule has 2 nitrogen and oxygen atoms in total. The number of benzene rings is 1. The summed E-state index contributed by atoms with van der Waals surface area (Å²) in [6.07, 6.45) is 6.26. The van der Waals surface area contributed by atoms with E-state index in [0.717, 1.165) is 24.2 Å². The van der Waals surface area contributed by atoms with E-state index in [1.165, 1.54) is 0 Å². The SMILES string of the molecule is C#CCCCOc1cccc(C(C)O)c1. The van der Waals surface area contributed by atoms with Crippen LogP contribution in [0.3, 0.4) is 0 Å². The summed E-state index contributed by atoms with van der Waals surface area (Å²) in [4.78, 5) is 0. The first kappa shape index (κ1) is 11.6. The Morgan fingerprint density at radius 1 is 1.53 bits per heavy atom. The number of hydrogen-bond donors (Lipinski definition) is 1. The minimum atomic E-state index is -0.459. The van der Waals surface area contributed by atoms with E-state index in [0.29, 0.717) is 6.61 Å². The van der Waals surface area contributed by atoms with Gasteiger partial charge < -0.3 is 9.84 Å². The molecular formula is C13H16O2.